The molecular formula is C25H31N3O5. The second kappa shape index (κ2) is 8.15. The van der Waals surface area contributed by atoms with Crippen LogP contribution in [0, 0.1) is 43.9 Å². The molecule has 0 aromatic carbocycles. The lowest BCUT2D eigenvalue weighted by molar-refractivity contribution is -0.150. The third-order valence-corrected chi connectivity index (χ3v) is 7.85. The van der Waals surface area contributed by atoms with Gasteiger partial charge in [-0.25, -0.2) is 0 Å². The summed E-state index contributed by atoms with van der Waals surface area (Å²) in [5, 5.41) is 6.82. The summed E-state index contributed by atoms with van der Waals surface area (Å²) < 4.78 is 12.2. The van der Waals surface area contributed by atoms with Gasteiger partial charge in [0.05, 0.1) is 0 Å². The van der Waals surface area contributed by atoms with Gasteiger partial charge in [0.1, 0.15) is 12.3 Å². The molecule has 8 nitrogen and oxygen atoms in total. The highest BCUT2D eigenvalue weighted by molar-refractivity contribution is 5.99. The minimum atomic E-state index is -0.595. The molecule has 0 aliphatic heterocycles. The largest absolute Gasteiger partial charge is 0.456 e. The highest BCUT2D eigenvalue weighted by Gasteiger charge is 2.54. The van der Waals surface area contributed by atoms with Crippen LogP contribution >= 0.6 is 0 Å². The predicted octanol–water partition coefficient (Wildman–Crippen LogP) is 3.45. The van der Waals surface area contributed by atoms with E-state index >= 15 is 0 Å². The van der Waals surface area contributed by atoms with Crippen molar-refractivity contribution in [3.8, 4) is 5.82 Å². The van der Waals surface area contributed by atoms with E-state index in [9.17, 15) is 14.4 Å². The molecule has 176 valence electrons. The Balaban J connectivity index is 1.15. The number of nitrogens with one attached hydrogen (secondary N) is 1. The van der Waals surface area contributed by atoms with Crippen molar-refractivity contribution in [2.45, 2.75) is 59.3 Å². The number of aryl methyl sites for hydroxylation is 2. The molecule has 4 bridgehead atoms. The highest BCUT2D eigenvalue weighted by atomic mass is 16.5. The summed E-state index contributed by atoms with van der Waals surface area (Å²) in [5.74, 6) is 2.35. The molecule has 4 fully saturated rings. The fourth-order valence-electron chi connectivity index (χ4n) is 6.86. The molecule has 6 rings (SSSR count). The van der Waals surface area contributed by atoms with Gasteiger partial charge in [-0.3, -0.25) is 19.0 Å². The SMILES string of the molecule is Cc1cc(-n2c(C)cc(C(=O)COC(=O)CNC(=O)C34CC5CC(CC(C5)C3)C4)c2C)no1. The molecule has 0 unspecified atom stereocenters. The van der Waals surface area contributed by atoms with E-state index in [0.29, 0.717) is 40.6 Å². The van der Waals surface area contributed by atoms with E-state index < -0.39 is 5.97 Å². The minimum Gasteiger partial charge on any atom is -0.456 e. The fraction of sp³-hybridized carbons (Fsp3) is 0.600. The smallest absolute Gasteiger partial charge is 0.325 e. The molecule has 33 heavy (non-hydrogen) atoms. The van der Waals surface area contributed by atoms with Crippen LogP contribution in [0.1, 0.15) is 66.0 Å². The van der Waals surface area contributed by atoms with Gasteiger partial charge in [-0.15, -0.1) is 0 Å². The summed E-state index contributed by atoms with van der Waals surface area (Å²) in [6.45, 7) is 4.93. The van der Waals surface area contributed by atoms with Crippen molar-refractivity contribution >= 4 is 17.7 Å². The maximum absolute atomic E-state index is 13.0. The van der Waals surface area contributed by atoms with E-state index in [1.807, 2.05) is 18.4 Å². The number of nitrogens with zero attached hydrogens (tertiary/aromatic N) is 2. The van der Waals surface area contributed by atoms with E-state index in [0.717, 1.165) is 25.0 Å². The number of aromatic nitrogens is 2. The Morgan fingerprint density at radius 2 is 1.73 bits per heavy atom. The molecule has 0 saturated heterocycles. The Bertz CT molecular complexity index is 1080. The van der Waals surface area contributed by atoms with Gasteiger partial charge in [-0.1, -0.05) is 5.16 Å². The average molecular weight is 454 g/mol. The highest BCUT2D eigenvalue weighted by Crippen LogP contribution is 2.60. The quantitative estimate of drug-likeness (QED) is 0.509. The number of carbonyl (C=O) groups is 3. The van der Waals surface area contributed by atoms with Gasteiger partial charge in [0.15, 0.2) is 12.4 Å². The van der Waals surface area contributed by atoms with Gasteiger partial charge in [0, 0.05) is 28.4 Å². The fourth-order valence-corrected chi connectivity index (χ4v) is 6.86. The van der Waals surface area contributed by atoms with E-state index in [2.05, 4.69) is 10.5 Å². The first-order valence-corrected chi connectivity index (χ1v) is 11.8. The van der Waals surface area contributed by atoms with Crippen molar-refractivity contribution in [3.05, 3.63) is 34.8 Å². The average Bonchev–Trinajstić information content (AvgIpc) is 3.31. The number of hydrogen-bond acceptors (Lipinski definition) is 6. The zero-order chi connectivity index (χ0) is 23.3. The van der Waals surface area contributed by atoms with Gasteiger partial charge in [0.2, 0.25) is 11.7 Å². The first kappa shape index (κ1) is 21.9. The lowest BCUT2D eigenvalue weighted by Gasteiger charge is -2.55. The van der Waals surface area contributed by atoms with E-state index in [1.165, 1.54) is 19.3 Å². The molecule has 8 heteroatoms. The van der Waals surface area contributed by atoms with Gasteiger partial charge in [-0.2, -0.15) is 0 Å². The number of amides is 1. The third-order valence-electron chi connectivity index (χ3n) is 7.85. The molecule has 4 saturated carbocycles. The number of hydrogen-bond donors (Lipinski definition) is 1. The van der Waals surface area contributed by atoms with Crippen molar-refractivity contribution in [2.24, 2.45) is 23.2 Å². The van der Waals surface area contributed by atoms with Crippen LogP contribution in [-0.4, -0.2) is 40.5 Å². The molecule has 0 atom stereocenters. The van der Waals surface area contributed by atoms with Crippen molar-refractivity contribution in [1.82, 2.24) is 15.0 Å². The number of ketones is 1. The van der Waals surface area contributed by atoms with Crippen molar-refractivity contribution < 1.29 is 23.6 Å². The summed E-state index contributed by atoms with van der Waals surface area (Å²) in [7, 11) is 0. The lowest BCUT2D eigenvalue weighted by atomic mass is 9.49. The second-order valence-corrected chi connectivity index (χ2v) is 10.4. The monoisotopic (exact) mass is 453 g/mol. The summed E-state index contributed by atoms with van der Waals surface area (Å²) in [4.78, 5) is 38.0. The zero-order valence-electron chi connectivity index (χ0n) is 19.5. The topological polar surface area (TPSA) is 103 Å². The van der Waals surface area contributed by atoms with E-state index in [4.69, 9.17) is 9.26 Å². The Kier molecular flexibility index (Phi) is 5.41. The summed E-state index contributed by atoms with van der Waals surface area (Å²) in [5.41, 5.74) is 1.70. The van der Waals surface area contributed by atoms with Crippen LogP contribution in [0.3, 0.4) is 0 Å². The van der Waals surface area contributed by atoms with Gasteiger partial charge < -0.3 is 14.6 Å². The number of carbonyl (C=O) groups excluding carboxylic acids is 3. The molecule has 4 aliphatic carbocycles. The van der Waals surface area contributed by atoms with Crippen LogP contribution in [0.15, 0.2) is 16.7 Å². The minimum absolute atomic E-state index is 0.0173. The van der Waals surface area contributed by atoms with E-state index in [-0.39, 0.29) is 30.3 Å². The Morgan fingerprint density at radius 1 is 1.09 bits per heavy atom. The predicted molar refractivity (Wildman–Crippen MR) is 119 cm³/mol. The molecule has 1 amide bonds. The molecule has 2 aromatic rings. The number of Topliss-reactive ketones (excluding diaryl/α,β-unsaturated/α-hetero) is 1. The standard InChI is InChI=1S/C25H31N3O5/c1-14-4-20(16(3)28(14)22-5-15(2)33-27-22)21(29)13-32-23(30)12-26-24(31)25-9-17-6-18(10-25)8-19(7-17)11-25/h4-5,17-19H,6-13H2,1-3H3,(H,26,31). The van der Waals surface area contributed by atoms with Crippen molar-refractivity contribution in [3.63, 3.8) is 0 Å². The van der Waals surface area contributed by atoms with Crippen molar-refractivity contribution in [2.75, 3.05) is 13.2 Å². The molecular weight excluding hydrogens is 422 g/mol. The molecule has 0 radical (unpaired) electrons. The van der Waals surface area contributed by atoms with Crippen LogP contribution in [0.4, 0.5) is 0 Å². The summed E-state index contributed by atoms with van der Waals surface area (Å²) in [6.07, 6.45) is 6.60. The number of rotatable bonds is 7. The van der Waals surface area contributed by atoms with Crippen LogP contribution in [0.25, 0.3) is 5.82 Å². The van der Waals surface area contributed by atoms with E-state index in [1.54, 1.807) is 19.1 Å². The Morgan fingerprint density at radius 3 is 2.30 bits per heavy atom. The summed E-state index contributed by atoms with van der Waals surface area (Å²) in [6, 6.07) is 3.55. The van der Waals surface area contributed by atoms with Gasteiger partial charge in [0.25, 0.3) is 0 Å². The van der Waals surface area contributed by atoms with Crippen LogP contribution < -0.4 is 5.32 Å². The number of esters is 1. The third kappa shape index (κ3) is 4.00. The van der Waals surface area contributed by atoms with Gasteiger partial charge >= 0.3 is 5.97 Å². The lowest BCUT2D eigenvalue weighted by Crippen LogP contribution is -2.54. The second-order valence-electron chi connectivity index (χ2n) is 10.4. The molecule has 2 aromatic heterocycles. The zero-order valence-corrected chi connectivity index (χ0v) is 19.5. The molecule has 2 heterocycles. The van der Waals surface area contributed by atoms with Gasteiger partial charge in [-0.05, 0) is 83.1 Å². The van der Waals surface area contributed by atoms with Crippen LogP contribution in [0.2, 0.25) is 0 Å². The summed E-state index contributed by atoms with van der Waals surface area (Å²) >= 11 is 0. The Hall–Kier alpha value is -2.90. The normalized spacial score (nSPS) is 27.5. The first-order chi connectivity index (χ1) is 15.7. The molecule has 0 spiro atoms. The van der Waals surface area contributed by atoms with Crippen LogP contribution in [0.5, 0.6) is 0 Å². The number of ether oxygens (including phenoxy) is 1. The molecule has 1 N–H and O–H groups in total. The first-order valence-electron chi connectivity index (χ1n) is 11.8. The molecule has 4 aliphatic rings. The van der Waals surface area contributed by atoms with Crippen LogP contribution in [-0.2, 0) is 14.3 Å². The Labute approximate surface area is 193 Å². The maximum atomic E-state index is 13.0. The maximum Gasteiger partial charge on any atom is 0.325 e. The van der Waals surface area contributed by atoms with Crippen molar-refractivity contribution in [1.29, 1.82) is 0 Å².